The van der Waals surface area contributed by atoms with Crippen LogP contribution in [0.1, 0.15) is 10.4 Å². The summed E-state index contributed by atoms with van der Waals surface area (Å²) in [5.41, 5.74) is 2.21. The van der Waals surface area contributed by atoms with Gasteiger partial charge in [0, 0.05) is 5.02 Å². The van der Waals surface area contributed by atoms with Crippen LogP contribution >= 0.6 is 11.6 Å². The maximum absolute atomic E-state index is 12.2. The Balaban J connectivity index is 1.77. The van der Waals surface area contributed by atoms with E-state index in [4.69, 9.17) is 16.3 Å². The van der Waals surface area contributed by atoms with Crippen LogP contribution in [0.4, 0.5) is 0 Å². The first-order chi connectivity index (χ1) is 10.1. The van der Waals surface area contributed by atoms with Crippen molar-refractivity contribution in [3.05, 3.63) is 53.1 Å². The van der Waals surface area contributed by atoms with Gasteiger partial charge < -0.3 is 4.74 Å². The van der Waals surface area contributed by atoms with Gasteiger partial charge in [-0.1, -0.05) is 28.9 Å². The molecule has 106 valence electrons. The molecular formula is C15H12ClN3O2. The Bertz CT molecular complexity index is 814. The summed E-state index contributed by atoms with van der Waals surface area (Å²) >= 11 is 5.88. The number of rotatable bonds is 3. The lowest BCUT2D eigenvalue weighted by Gasteiger charge is -2.08. The quantitative estimate of drug-likeness (QED) is 0.746. The van der Waals surface area contributed by atoms with Gasteiger partial charge in [-0.2, -0.15) is 4.68 Å². The topological polar surface area (TPSA) is 57.0 Å². The fourth-order valence-corrected chi connectivity index (χ4v) is 2.26. The number of fused-ring (bicyclic) bond motifs is 1. The molecule has 0 unspecified atom stereocenters. The van der Waals surface area contributed by atoms with Crippen molar-refractivity contribution in [1.29, 1.82) is 0 Å². The van der Waals surface area contributed by atoms with Crippen molar-refractivity contribution < 1.29 is 9.53 Å². The van der Waals surface area contributed by atoms with Crippen molar-refractivity contribution in [2.75, 3.05) is 6.61 Å². The fraction of sp³-hybridized carbons (Fsp3) is 0.133. The van der Waals surface area contributed by atoms with Crippen molar-refractivity contribution >= 4 is 28.5 Å². The van der Waals surface area contributed by atoms with Gasteiger partial charge >= 0.3 is 0 Å². The molecule has 0 aliphatic rings. The Hall–Kier alpha value is -2.40. The summed E-state index contributed by atoms with van der Waals surface area (Å²) in [6.45, 7) is 1.76. The van der Waals surface area contributed by atoms with Gasteiger partial charge in [-0.15, -0.1) is 5.10 Å². The number of benzene rings is 2. The molecule has 0 saturated heterocycles. The van der Waals surface area contributed by atoms with Gasteiger partial charge in [0.1, 0.15) is 11.3 Å². The molecule has 2 aromatic carbocycles. The van der Waals surface area contributed by atoms with E-state index in [0.29, 0.717) is 21.8 Å². The Labute approximate surface area is 126 Å². The molecule has 0 spiro atoms. The van der Waals surface area contributed by atoms with Crippen LogP contribution in [-0.4, -0.2) is 27.5 Å². The zero-order chi connectivity index (χ0) is 14.8. The highest BCUT2D eigenvalue weighted by Crippen LogP contribution is 2.21. The standard InChI is InChI=1S/C15H12ClN3O2/c1-10-8-11(16)6-7-14(10)21-9-15(20)19-13-5-3-2-4-12(13)17-18-19/h2-8H,9H2,1H3. The number of nitrogens with zero attached hydrogens (tertiary/aromatic N) is 3. The fourth-order valence-electron chi connectivity index (χ4n) is 2.03. The second kappa shape index (κ2) is 5.54. The van der Waals surface area contributed by atoms with Crippen molar-refractivity contribution in [3.63, 3.8) is 0 Å². The predicted octanol–water partition coefficient (Wildman–Crippen LogP) is 3.11. The number of hydrogen-bond acceptors (Lipinski definition) is 4. The molecule has 0 amide bonds. The molecule has 0 aliphatic carbocycles. The molecular weight excluding hydrogens is 290 g/mol. The van der Waals surface area contributed by atoms with Crippen LogP contribution in [-0.2, 0) is 0 Å². The van der Waals surface area contributed by atoms with Crippen molar-refractivity contribution in [3.8, 4) is 5.75 Å². The second-order valence-electron chi connectivity index (χ2n) is 4.58. The Kier molecular flexibility index (Phi) is 3.58. The number of para-hydroxylation sites is 1. The second-order valence-corrected chi connectivity index (χ2v) is 5.02. The van der Waals surface area contributed by atoms with E-state index < -0.39 is 0 Å². The highest BCUT2D eigenvalue weighted by molar-refractivity contribution is 6.30. The highest BCUT2D eigenvalue weighted by atomic mass is 35.5. The van der Waals surface area contributed by atoms with E-state index in [1.54, 1.807) is 30.3 Å². The predicted molar refractivity (Wildman–Crippen MR) is 79.8 cm³/mol. The van der Waals surface area contributed by atoms with Gasteiger partial charge in [0.2, 0.25) is 0 Å². The lowest BCUT2D eigenvalue weighted by atomic mass is 10.2. The molecule has 0 fully saturated rings. The lowest BCUT2D eigenvalue weighted by molar-refractivity contribution is 0.0824. The summed E-state index contributed by atoms with van der Waals surface area (Å²) in [7, 11) is 0. The summed E-state index contributed by atoms with van der Waals surface area (Å²) in [5, 5.41) is 8.44. The zero-order valence-electron chi connectivity index (χ0n) is 11.3. The Morgan fingerprint density at radius 1 is 1.29 bits per heavy atom. The average molecular weight is 302 g/mol. The van der Waals surface area contributed by atoms with Gasteiger partial charge in [0.15, 0.2) is 6.61 Å². The van der Waals surface area contributed by atoms with Gasteiger partial charge in [-0.05, 0) is 42.8 Å². The van der Waals surface area contributed by atoms with E-state index >= 15 is 0 Å². The first kappa shape index (κ1) is 13.6. The molecule has 5 nitrogen and oxygen atoms in total. The first-order valence-electron chi connectivity index (χ1n) is 6.38. The van der Waals surface area contributed by atoms with Crippen LogP contribution in [0.15, 0.2) is 42.5 Å². The molecule has 3 rings (SSSR count). The molecule has 0 saturated carbocycles. The molecule has 1 aromatic heterocycles. The van der Waals surface area contributed by atoms with Gasteiger partial charge in [0.05, 0.1) is 5.52 Å². The van der Waals surface area contributed by atoms with Crippen LogP contribution in [0.5, 0.6) is 5.75 Å². The third-order valence-corrected chi connectivity index (χ3v) is 3.31. The van der Waals surface area contributed by atoms with Crippen molar-refractivity contribution in [1.82, 2.24) is 15.0 Å². The number of carbonyl (C=O) groups excluding carboxylic acids is 1. The number of aromatic nitrogens is 3. The van der Waals surface area contributed by atoms with E-state index in [-0.39, 0.29) is 12.5 Å². The number of carbonyl (C=O) groups is 1. The molecule has 0 bridgehead atoms. The SMILES string of the molecule is Cc1cc(Cl)ccc1OCC(=O)n1nnc2ccccc21. The van der Waals surface area contributed by atoms with E-state index in [1.165, 1.54) is 4.68 Å². The zero-order valence-corrected chi connectivity index (χ0v) is 12.0. The van der Waals surface area contributed by atoms with Crippen LogP contribution in [0.3, 0.4) is 0 Å². The van der Waals surface area contributed by atoms with Crippen molar-refractivity contribution in [2.24, 2.45) is 0 Å². The monoisotopic (exact) mass is 301 g/mol. The smallest absolute Gasteiger partial charge is 0.286 e. The van der Waals surface area contributed by atoms with E-state index in [0.717, 1.165) is 5.56 Å². The summed E-state index contributed by atoms with van der Waals surface area (Å²) in [4.78, 5) is 12.2. The molecule has 21 heavy (non-hydrogen) atoms. The Morgan fingerprint density at radius 3 is 2.90 bits per heavy atom. The van der Waals surface area contributed by atoms with Crippen molar-refractivity contribution in [2.45, 2.75) is 6.92 Å². The molecule has 1 heterocycles. The Morgan fingerprint density at radius 2 is 2.10 bits per heavy atom. The average Bonchev–Trinajstić information content (AvgIpc) is 2.90. The van der Waals surface area contributed by atoms with Crippen LogP contribution in [0.25, 0.3) is 11.0 Å². The molecule has 6 heteroatoms. The summed E-state index contributed by atoms with van der Waals surface area (Å²) in [6.07, 6.45) is 0. The highest BCUT2D eigenvalue weighted by Gasteiger charge is 2.12. The number of hydrogen-bond donors (Lipinski definition) is 0. The third-order valence-electron chi connectivity index (χ3n) is 3.08. The maximum atomic E-state index is 12.2. The summed E-state index contributed by atoms with van der Waals surface area (Å²) < 4.78 is 6.78. The number of halogens is 1. The van der Waals surface area contributed by atoms with Crippen LogP contribution in [0, 0.1) is 6.92 Å². The lowest BCUT2D eigenvalue weighted by Crippen LogP contribution is -2.20. The van der Waals surface area contributed by atoms with E-state index in [2.05, 4.69) is 10.3 Å². The molecule has 0 N–H and O–H groups in total. The largest absolute Gasteiger partial charge is 0.483 e. The molecule has 0 atom stereocenters. The minimum absolute atomic E-state index is 0.115. The minimum atomic E-state index is -0.280. The van der Waals surface area contributed by atoms with E-state index in [1.807, 2.05) is 19.1 Å². The summed E-state index contributed by atoms with van der Waals surface area (Å²) in [6, 6.07) is 12.5. The number of aryl methyl sites for hydroxylation is 1. The summed E-state index contributed by atoms with van der Waals surface area (Å²) in [5.74, 6) is 0.343. The van der Waals surface area contributed by atoms with Gasteiger partial charge in [-0.25, -0.2) is 0 Å². The molecule has 0 radical (unpaired) electrons. The van der Waals surface area contributed by atoms with Crippen LogP contribution in [0.2, 0.25) is 5.02 Å². The third kappa shape index (κ3) is 2.73. The molecule has 0 aliphatic heterocycles. The number of ether oxygens (including phenoxy) is 1. The molecule has 3 aromatic rings. The maximum Gasteiger partial charge on any atom is 0.286 e. The van der Waals surface area contributed by atoms with Crippen LogP contribution < -0.4 is 4.74 Å². The van der Waals surface area contributed by atoms with E-state index in [9.17, 15) is 4.79 Å². The van der Waals surface area contributed by atoms with Gasteiger partial charge in [-0.3, -0.25) is 4.79 Å². The minimum Gasteiger partial charge on any atom is -0.483 e. The van der Waals surface area contributed by atoms with Gasteiger partial charge in [0.25, 0.3) is 5.91 Å². The first-order valence-corrected chi connectivity index (χ1v) is 6.75. The normalized spacial score (nSPS) is 10.8.